The Bertz CT molecular complexity index is 538. The van der Waals surface area contributed by atoms with Gasteiger partial charge in [-0.1, -0.05) is 26.7 Å². The fourth-order valence-corrected chi connectivity index (χ4v) is 4.21. The second-order valence-electron chi connectivity index (χ2n) is 6.73. The maximum atomic E-state index is 5.55. The summed E-state index contributed by atoms with van der Waals surface area (Å²) in [7, 11) is 0. The van der Waals surface area contributed by atoms with Gasteiger partial charge in [-0.25, -0.2) is 9.98 Å². The van der Waals surface area contributed by atoms with Crippen LogP contribution in [0.15, 0.2) is 10.5 Å². The number of nitrogens with one attached hydrogen (secondary N) is 2. The third kappa shape index (κ3) is 6.21. The fraction of sp³-hybridized carbons (Fsp3) is 0.789. The van der Waals surface area contributed by atoms with Crippen molar-refractivity contribution in [2.45, 2.75) is 53.1 Å². The number of nitrogens with zero attached hydrogens (tertiary/aromatic N) is 3. The van der Waals surface area contributed by atoms with Crippen LogP contribution in [0.4, 0.5) is 0 Å². The van der Waals surface area contributed by atoms with E-state index in [0.29, 0.717) is 18.5 Å². The van der Waals surface area contributed by atoms with Crippen molar-refractivity contribution in [3.8, 4) is 0 Å². The van der Waals surface area contributed by atoms with Crippen molar-refractivity contribution in [2.75, 3.05) is 39.4 Å². The lowest BCUT2D eigenvalue weighted by Gasteiger charge is -2.39. The molecule has 26 heavy (non-hydrogen) atoms. The highest BCUT2D eigenvalue weighted by molar-refractivity contribution is 7.09. The van der Waals surface area contributed by atoms with Crippen LogP contribution in [-0.4, -0.2) is 61.3 Å². The predicted octanol–water partition coefficient (Wildman–Crippen LogP) is 2.64. The summed E-state index contributed by atoms with van der Waals surface area (Å²) in [5.74, 6) is 1.58. The van der Waals surface area contributed by atoms with Crippen LogP contribution in [0, 0.1) is 12.8 Å². The number of hydrogen-bond acceptors (Lipinski definition) is 5. The lowest BCUT2D eigenvalue weighted by Crippen LogP contribution is -2.53. The summed E-state index contributed by atoms with van der Waals surface area (Å²) in [5.41, 5.74) is 2.97. The standard InChI is InChI=1S/C19H35N5OS/c1-5-16(6-2)17(24-8-10-25-11-9-24)12-21-19(20-7-3)22-13-18-15(4)23-14-26-18/h14,16-17H,5-13H2,1-4H3,(H2,20,21,22). The van der Waals surface area contributed by atoms with Crippen LogP contribution in [0.5, 0.6) is 0 Å². The van der Waals surface area contributed by atoms with E-state index < -0.39 is 0 Å². The molecule has 1 aliphatic heterocycles. The van der Waals surface area contributed by atoms with Crippen LogP contribution in [0.2, 0.25) is 0 Å². The van der Waals surface area contributed by atoms with Gasteiger partial charge in [-0.15, -0.1) is 11.3 Å². The van der Waals surface area contributed by atoms with Crippen LogP contribution in [-0.2, 0) is 11.3 Å². The monoisotopic (exact) mass is 381 g/mol. The minimum Gasteiger partial charge on any atom is -0.379 e. The number of guanidine groups is 1. The van der Waals surface area contributed by atoms with E-state index in [9.17, 15) is 0 Å². The normalized spacial score (nSPS) is 17.5. The van der Waals surface area contributed by atoms with Crippen LogP contribution < -0.4 is 10.6 Å². The van der Waals surface area contributed by atoms with Gasteiger partial charge in [0.25, 0.3) is 0 Å². The first kappa shape index (κ1) is 21.1. The quantitative estimate of drug-likeness (QED) is 0.509. The molecule has 1 fully saturated rings. The van der Waals surface area contributed by atoms with E-state index in [1.54, 1.807) is 11.3 Å². The van der Waals surface area contributed by atoms with Crippen molar-refractivity contribution in [1.29, 1.82) is 0 Å². The summed E-state index contributed by atoms with van der Waals surface area (Å²) < 4.78 is 5.55. The fourth-order valence-electron chi connectivity index (χ4n) is 3.51. The zero-order valence-corrected chi connectivity index (χ0v) is 17.6. The maximum Gasteiger partial charge on any atom is 0.191 e. The Kier molecular flexibility index (Phi) is 9.36. The van der Waals surface area contributed by atoms with Gasteiger partial charge in [0, 0.05) is 37.1 Å². The van der Waals surface area contributed by atoms with E-state index in [4.69, 9.17) is 9.73 Å². The zero-order valence-electron chi connectivity index (χ0n) is 16.8. The van der Waals surface area contributed by atoms with Gasteiger partial charge in [-0.2, -0.15) is 0 Å². The molecule has 1 aromatic rings. The molecular formula is C19H35N5OS. The van der Waals surface area contributed by atoms with Crippen molar-refractivity contribution in [3.05, 3.63) is 16.1 Å². The summed E-state index contributed by atoms with van der Waals surface area (Å²) in [6, 6.07) is 0.517. The number of rotatable bonds is 9. The van der Waals surface area contributed by atoms with Gasteiger partial charge >= 0.3 is 0 Å². The predicted molar refractivity (Wildman–Crippen MR) is 110 cm³/mol. The highest BCUT2D eigenvalue weighted by atomic mass is 32.1. The third-order valence-electron chi connectivity index (χ3n) is 5.16. The molecule has 0 bridgehead atoms. The Labute approximate surface area is 162 Å². The Morgan fingerprint density at radius 3 is 2.58 bits per heavy atom. The Morgan fingerprint density at radius 1 is 1.27 bits per heavy atom. The minimum absolute atomic E-state index is 0.517. The van der Waals surface area contributed by atoms with Gasteiger partial charge in [-0.05, 0) is 19.8 Å². The molecule has 1 saturated heterocycles. The first-order chi connectivity index (χ1) is 12.7. The second kappa shape index (κ2) is 11.5. The topological polar surface area (TPSA) is 61.8 Å². The highest BCUT2D eigenvalue weighted by Gasteiger charge is 2.27. The molecule has 1 aliphatic rings. The summed E-state index contributed by atoms with van der Waals surface area (Å²) in [6.07, 6.45) is 2.40. The van der Waals surface area contributed by atoms with Crippen molar-refractivity contribution < 1.29 is 4.74 Å². The molecule has 0 aliphatic carbocycles. The number of thiazole rings is 1. The lowest BCUT2D eigenvalue weighted by atomic mass is 9.92. The van der Waals surface area contributed by atoms with Crippen molar-refractivity contribution in [2.24, 2.45) is 10.9 Å². The average molecular weight is 382 g/mol. The average Bonchev–Trinajstić information content (AvgIpc) is 3.08. The smallest absolute Gasteiger partial charge is 0.191 e. The second-order valence-corrected chi connectivity index (χ2v) is 7.67. The molecule has 0 radical (unpaired) electrons. The van der Waals surface area contributed by atoms with Crippen LogP contribution in [0.1, 0.15) is 44.2 Å². The molecule has 0 saturated carbocycles. The maximum absolute atomic E-state index is 5.55. The molecule has 2 N–H and O–H groups in total. The molecule has 1 atom stereocenters. The molecule has 7 heteroatoms. The SMILES string of the molecule is CCNC(=NCc1scnc1C)NCC(C(CC)CC)N1CCOCC1. The molecule has 2 heterocycles. The van der Waals surface area contributed by atoms with E-state index in [1.807, 2.05) is 12.4 Å². The van der Waals surface area contributed by atoms with Crippen molar-refractivity contribution in [1.82, 2.24) is 20.5 Å². The van der Waals surface area contributed by atoms with E-state index in [1.165, 1.54) is 17.7 Å². The van der Waals surface area contributed by atoms with Gasteiger partial charge in [0.1, 0.15) is 0 Å². The van der Waals surface area contributed by atoms with E-state index in [0.717, 1.165) is 51.0 Å². The largest absolute Gasteiger partial charge is 0.379 e. The molecule has 2 rings (SSSR count). The van der Waals surface area contributed by atoms with E-state index in [-0.39, 0.29) is 0 Å². The molecule has 0 amide bonds. The Balaban J connectivity index is 2.00. The van der Waals surface area contributed by atoms with E-state index in [2.05, 4.69) is 41.3 Å². The summed E-state index contributed by atoms with van der Waals surface area (Å²) in [4.78, 5) is 12.9. The Hall–Kier alpha value is -1.18. The third-order valence-corrected chi connectivity index (χ3v) is 6.08. The number of aryl methyl sites for hydroxylation is 1. The molecule has 1 aromatic heterocycles. The number of aromatic nitrogens is 1. The van der Waals surface area contributed by atoms with Gasteiger partial charge in [0.2, 0.25) is 0 Å². The number of ether oxygens (including phenoxy) is 1. The number of morpholine rings is 1. The van der Waals surface area contributed by atoms with Crippen molar-refractivity contribution in [3.63, 3.8) is 0 Å². The summed E-state index contributed by atoms with van der Waals surface area (Å²) >= 11 is 1.67. The van der Waals surface area contributed by atoms with Crippen LogP contribution >= 0.6 is 11.3 Å². The van der Waals surface area contributed by atoms with Gasteiger partial charge in [0.15, 0.2) is 5.96 Å². The van der Waals surface area contributed by atoms with E-state index >= 15 is 0 Å². The van der Waals surface area contributed by atoms with Gasteiger partial charge < -0.3 is 15.4 Å². The number of hydrogen-bond donors (Lipinski definition) is 2. The molecule has 0 spiro atoms. The summed E-state index contributed by atoms with van der Waals surface area (Å²) in [5, 5.41) is 6.97. The molecule has 148 valence electrons. The van der Waals surface area contributed by atoms with Gasteiger partial charge in [-0.3, -0.25) is 4.90 Å². The Morgan fingerprint density at radius 2 is 2.00 bits per heavy atom. The van der Waals surface area contributed by atoms with Crippen molar-refractivity contribution >= 4 is 17.3 Å². The molecule has 6 nitrogen and oxygen atoms in total. The highest BCUT2D eigenvalue weighted by Crippen LogP contribution is 2.19. The van der Waals surface area contributed by atoms with Crippen LogP contribution in [0.3, 0.4) is 0 Å². The van der Waals surface area contributed by atoms with Gasteiger partial charge in [0.05, 0.1) is 31.0 Å². The molecular weight excluding hydrogens is 346 g/mol. The molecule has 0 aromatic carbocycles. The first-order valence-corrected chi connectivity index (χ1v) is 10.8. The summed E-state index contributed by atoms with van der Waals surface area (Å²) in [6.45, 7) is 14.9. The minimum atomic E-state index is 0.517. The van der Waals surface area contributed by atoms with Crippen LogP contribution in [0.25, 0.3) is 0 Å². The number of aliphatic imine (C=N–C) groups is 1. The lowest BCUT2D eigenvalue weighted by molar-refractivity contribution is 0.00272. The molecule has 1 unspecified atom stereocenters. The first-order valence-electron chi connectivity index (χ1n) is 9.92. The zero-order chi connectivity index (χ0) is 18.8.